The van der Waals surface area contributed by atoms with E-state index >= 15 is 0 Å². The van der Waals surface area contributed by atoms with E-state index in [4.69, 9.17) is 0 Å². The van der Waals surface area contributed by atoms with Gasteiger partial charge in [-0.3, -0.25) is 4.79 Å². The second-order valence-electron chi connectivity index (χ2n) is 6.09. The van der Waals surface area contributed by atoms with Crippen molar-refractivity contribution in [1.82, 2.24) is 4.90 Å². The molecular formula is C13H23NO2. The zero-order valence-electron chi connectivity index (χ0n) is 10.6. The third kappa shape index (κ3) is 2.57. The molecule has 92 valence electrons. The zero-order chi connectivity index (χ0) is 11.9. The van der Waals surface area contributed by atoms with Crippen molar-refractivity contribution in [2.45, 2.75) is 45.6 Å². The highest BCUT2D eigenvalue weighted by atomic mass is 16.3. The Morgan fingerprint density at radius 2 is 1.88 bits per heavy atom. The number of fused-ring (bicyclic) bond motifs is 1. The Hall–Kier alpha value is -0.570. The smallest absolute Gasteiger partial charge is 0.225 e. The van der Waals surface area contributed by atoms with Crippen LogP contribution < -0.4 is 0 Å². The molecule has 2 aliphatic carbocycles. The summed E-state index contributed by atoms with van der Waals surface area (Å²) in [6.07, 6.45) is 3.53. The third-order valence-electron chi connectivity index (χ3n) is 3.86. The largest absolute Gasteiger partial charge is 0.389 e. The van der Waals surface area contributed by atoms with Crippen LogP contribution in [0.15, 0.2) is 0 Å². The summed E-state index contributed by atoms with van der Waals surface area (Å²) in [6.45, 7) is 6.66. The number of likely N-dealkylation sites (N-methyl/N-ethyl adjacent to an activating group) is 1. The maximum absolute atomic E-state index is 12.2. The van der Waals surface area contributed by atoms with Crippen molar-refractivity contribution in [2.24, 2.45) is 17.8 Å². The first kappa shape index (κ1) is 11.9. The average Bonchev–Trinajstić information content (AvgIpc) is 2.80. The summed E-state index contributed by atoms with van der Waals surface area (Å²) >= 11 is 0. The molecular weight excluding hydrogens is 202 g/mol. The van der Waals surface area contributed by atoms with Gasteiger partial charge in [-0.25, -0.2) is 0 Å². The van der Waals surface area contributed by atoms with Gasteiger partial charge in [0.15, 0.2) is 0 Å². The quantitative estimate of drug-likeness (QED) is 0.790. The van der Waals surface area contributed by atoms with Crippen molar-refractivity contribution in [2.75, 3.05) is 13.1 Å². The van der Waals surface area contributed by atoms with Gasteiger partial charge in [0.2, 0.25) is 5.91 Å². The van der Waals surface area contributed by atoms with E-state index in [9.17, 15) is 9.90 Å². The van der Waals surface area contributed by atoms with E-state index in [1.165, 1.54) is 6.42 Å². The summed E-state index contributed by atoms with van der Waals surface area (Å²) in [5.41, 5.74) is -0.785. The van der Waals surface area contributed by atoms with E-state index in [0.717, 1.165) is 24.7 Å². The molecule has 3 nitrogen and oxygen atoms in total. The first-order valence-corrected chi connectivity index (χ1v) is 6.42. The maximum atomic E-state index is 12.2. The number of nitrogens with zero attached hydrogens (tertiary/aromatic N) is 1. The topological polar surface area (TPSA) is 40.5 Å². The van der Waals surface area contributed by atoms with Gasteiger partial charge < -0.3 is 10.0 Å². The first-order valence-electron chi connectivity index (χ1n) is 6.42. The maximum Gasteiger partial charge on any atom is 0.225 e. The molecule has 1 N–H and O–H groups in total. The zero-order valence-corrected chi connectivity index (χ0v) is 10.6. The molecule has 0 heterocycles. The fourth-order valence-electron chi connectivity index (χ4n) is 2.99. The molecule has 2 rings (SSSR count). The number of hydrogen-bond acceptors (Lipinski definition) is 2. The van der Waals surface area contributed by atoms with Gasteiger partial charge in [-0.15, -0.1) is 0 Å². The number of carbonyl (C=O) groups is 1. The average molecular weight is 225 g/mol. The molecule has 0 bridgehead atoms. The molecule has 2 fully saturated rings. The monoisotopic (exact) mass is 225 g/mol. The minimum atomic E-state index is -0.785. The standard InChI is InChI=1S/C13H23NO2/c1-4-14(8-13(2,3)16)12(15)11-6-9-5-10(9)7-11/h9-11,16H,4-8H2,1-3H3. The highest BCUT2D eigenvalue weighted by Gasteiger charge is 2.48. The van der Waals surface area contributed by atoms with Gasteiger partial charge in [-0.05, 0) is 51.9 Å². The van der Waals surface area contributed by atoms with Gasteiger partial charge in [0.05, 0.1) is 5.60 Å². The van der Waals surface area contributed by atoms with E-state index in [-0.39, 0.29) is 11.8 Å². The molecule has 1 amide bonds. The van der Waals surface area contributed by atoms with Crippen molar-refractivity contribution < 1.29 is 9.90 Å². The number of hydrogen-bond donors (Lipinski definition) is 1. The summed E-state index contributed by atoms with van der Waals surface area (Å²) in [5.74, 6) is 2.19. The van der Waals surface area contributed by atoms with Crippen molar-refractivity contribution in [3.8, 4) is 0 Å². The second kappa shape index (κ2) is 4.02. The molecule has 0 aromatic rings. The molecule has 2 saturated carbocycles. The molecule has 2 aliphatic rings. The van der Waals surface area contributed by atoms with Crippen molar-refractivity contribution >= 4 is 5.91 Å². The molecule has 0 aromatic carbocycles. The number of carbonyl (C=O) groups excluding carboxylic acids is 1. The highest BCUT2D eigenvalue weighted by Crippen LogP contribution is 2.54. The molecule has 0 aromatic heterocycles. The number of amides is 1. The second-order valence-corrected chi connectivity index (χ2v) is 6.09. The lowest BCUT2D eigenvalue weighted by Gasteiger charge is -2.30. The molecule has 2 atom stereocenters. The Labute approximate surface area is 97.8 Å². The van der Waals surface area contributed by atoms with Crippen LogP contribution in [0.2, 0.25) is 0 Å². The van der Waals surface area contributed by atoms with Crippen molar-refractivity contribution in [1.29, 1.82) is 0 Å². The van der Waals surface area contributed by atoms with Gasteiger partial charge in [0, 0.05) is 19.0 Å². The predicted molar refractivity (Wildman–Crippen MR) is 62.9 cm³/mol. The molecule has 16 heavy (non-hydrogen) atoms. The lowest BCUT2D eigenvalue weighted by Crippen LogP contribution is -2.44. The Bertz CT molecular complexity index is 272. The molecule has 0 saturated heterocycles. The van der Waals surface area contributed by atoms with E-state index in [2.05, 4.69) is 0 Å². The van der Waals surface area contributed by atoms with Crippen LogP contribution >= 0.6 is 0 Å². The fraction of sp³-hybridized carbons (Fsp3) is 0.923. The number of aliphatic hydroxyl groups is 1. The van der Waals surface area contributed by atoms with Crippen LogP contribution in [0.25, 0.3) is 0 Å². The SMILES string of the molecule is CCN(CC(C)(C)O)C(=O)C1CC2CC2C1. The molecule has 2 unspecified atom stereocenters. The molecule has 0 aliphatic heterocycles. The number of rotatable bonds is 4. The predicted octanol–water partition coefficient (Wildman–Crippen LogP) is 1.65. The summed E-state index contributed by atoms with van der Waals surface area (Å²) in [6, 6.07) is 0. The van der Waals surface area contributed by atoms with E-state index in [1.54, 1.807) is 13.8 Å². The molecule has 0 radical (unpaired) electrons. The van der Waals surface area contributed by atoms with Crippen LogP contribution in [0.5, 0.6) is 0 Å². The summed E-state index contributed by atoms with van der Waals surface area (Å²) in [7, 11) is 0. The fourth-order valence-corrected chi connectivity index (χ4v) is 2.99. The van der Waals surface area contributed by atoms with Crippen LogP contribution in [0.1, 0.15) is 40.0 Å². The van der Waals surface area contributed by atoms with Gasteiger partial charge in [0.25, 0.3) is 0 Å². The summed E-state index contributed by atoms with van der Waals surface area (Å²) in [5, 5.41) is 9.78. The van der Waals surface area contributed by atoms with Crippen LogP contribution in [0.3, 0.4) is 0 Å². The Morgan fingerprint density at radius 1 is 1.31 bits per heavy atom. The molecule has 0 spiro atoms. The Morgan fingerprint density at radius 3 is 2.31 bits per heavy atom. The first-order chi connectivity index (χ1) is 7.40. The minimum Gasteiger partial charge on any atom is -0.389 e. The van der Waals surface area contributed by atoms with E-state index in [0.29, 0.717) is 13.1 Å². The van der Waals surface area contributed by atoms with Gasteiger partial charge >= 0.3 is 0 Å². The molecule has 3 heteroatoms. The summed E-state index contributed by atoms with van der Waals surface area (Å²) in [4.78, 5) is 14.1. The highest BCUT2D eigenvalue weighted by molar-refractivity contribution is 5.79. The third-order valence-corrected chi connectivity index (χ3v) is 3.86. The van der Waals surface area contributed by atoms with Crippen LogP contribution in [-0.4, -0.2) is 34.6 Å². The van der Waals surface area contributed by atoms with Crippen LogP contribution in [0.4, 0.5) is 0 Å². The van der Waals surface area contributed by atoms with Crippen molar-refractivity contribution in [3.05, 3.63) is 0 Å². The van der Waals surface area contributed by atoms with Gasteiger partial charge in [-0.1, -0.05) is 0 Å². The Kier molecular flexibility index (Phi) is 2.99. The Balaban J connectivity index is 1.90. The van der Waals surface area contributed by atoms with E-state index in [1.807, 2.05) is 11.8 Å². The van der Waals surface area contributed by atoms with Gasteiger partial charge in [-0.2, -0.15) is 0 Å². The van der Waals surface area contributed by atoms with Crippen LogP contribution in [0, 0.1) is 17.8 Å². The van der Waals surface area contributed by atoms with Crippen molar-refractivity contribution in [3.63, 3.8) is 0 Å². The normalized spacial score (nSPS) is 32.4. The summed E-state index contributed by atoms with van der Waals surface area (Å²) < 4.78 is 0. The lowest BCUT2D eigenvalue weighted by atomic mass is 10.0. The van der Waals surface area contributed by atoms with Crippen LogP contribution in [-0.2, 0) is 4.79 Å². The minimum absolute atomic E-state index is 0.242. The van der Waals surface area contributed by atoms with E-state index < -0.39 is 5.60 Å². The lowest BCUT2D eigenvalue weighted by molar-refractivity contribution is -0.138. The van der Waals surface area contributed by atoms with Gasteiger partial charge in [0.1, 0.15) is 0 Å².